The van der Waals surface area contributed by atoms with Gasteiger partial charge in [-0.25, -0.2) is 0 Å². The van der Waals surface area contributed by atoms with Crippen molar-refractivity contribution >= 4 is 5.91 Å². The summed E-state index contributed by atoms with van der Waals surface area (Å²) in [6.45, 7) is 0. The minimum atomic E-state index is -0.951. The zero-order chi connectivity index (χ0) is 7.72. The van der Waals surface area contributed by atoms with Gasteiger partial charge in [0.1, 0.15) is 6.17 Å². The summed E-state index contributed by atoms with van der Waals surface area (Å²) >= 11 is 0. The molecule has 6 nitrogen and oxygen atoms in total. The molecule has 3 N–H and O–H groups in total. The van der Waals surface area contributed by atoms with E-state index in [1.165, 1.54) is 0 Å². The molecule has 1 fully saturated rings. The van der Waals surface area contributed by atoms with Crippen molar-refractivity contribution < 1.29 is 9.72 Å². The van der Waals surface area contributed by atoms with Gasteiger partial charge in [-0.1, -0.05) is 0 Å². The number of hydrogen-bond acceptors (Lipinski definition) is 4. The third-order valence-corrected chi connectivity index (χ3v) is 1.41. The Labute approximate surface area is 56.5 Å². The predicted octanol–water partition coefficient (Wildman–Crippen LogP) is -1.56. The maximum atomic E-state index is 10.5. The smallest absolute Gasteiger partial charge is 0.254 e. The number of nitro groups is 1. The van der Waals surface area contributed by atoms with Crippen LogP contribution in [0, 0.1) is 10.1 Å². The van der Waals surface area contributed by atoms with Gasteiger partial charge in [0.2, 0.25) is 5.91 Å². The molecule has 1 aliphatic rings. The molecule has 1 amide bonds. The molecule has 0 radical (unpaired) electrons. The molecule has 1 rings (SSSR count). The van der Waals surface area contributed by atoms with Crippen LogP contribution < -0.4 is 11.1 Å². The van der Waals surface area contributed by atoms with Crippen molar-refractivity contribution in [2.75, 3.05) is 0 Å². The van der Waals surface area contributed by atoms with Crippen molar-refractivity contribution in [1.82, 2.24) is 5.32 Å². The van der Waals surface area contributed by atoms with Crippen LogP contribution in [0.1, 0.15) is 6.42 Å². The van der Waals surface area contributed by atoms with Crippen molar-refractivity contribution in [2.45, 2.75) is 18.6 Å². The fraction of sp³-hybridized carbons (Fsp3) is 0.750. The molecule has 6 heteroatoms. The minimum Gasteiger partial charge on any atom is -0.335 e. The highest BCUT2D eigenvalue weighted by molar-refractivity contribution is 5.79. The van der Waals surface area contributed by atoms with Crippen LogP contribution in [-0.4, -0.2) is 23.0 Å². The van der Waals surface area contributed by atoms with Crippen LogP contribution in [0.3, 0.4) is 0 Å². The summed E-state index contributed by atoms with van der Waals surface area (Å²) < 4.78 is 0. The first kappa shape index (κ1) is 6.94. The highest BCUT2D eigenvalue weighted by Gasteiger charge is 2.38. The Kier molecular flexibility index (Phi) is 1.54. The molecular weight excluding hydrogens is 138 g/mol. The molecule has 0 aromatic carbocycles. The Morgan fingerprint density at radius 3 is 2.60 bits per heavy atom. The van der Waals surface area contributed by atoms with Gasteiger partial charge in [-0.15, -0.1) is 0 Å². The number of carbonyl (C=O) groups excluding carboxylic acids is 1. The molecule has 1 aliphatic heterocycles. The van der Waals surface area contributed by atoms with Gasteiger partial charge in [0, 0.05) is 4.92 Å². The van der Waals surface area contributed by atoms with Crippen molar-refractivity contribution in [2.24, 2.45) is 5.73 Å². The van der Waals surface area contributed by atoms with Crippen molar-refractivity contribution in [1.29, 1.82) is 0 Å². The van der Waals surface area contributed by atoms with Crippen LogP contribution in [-0.2, 0) is 4.79 Å². The SMILES string of the molecule is NC1NC(=O)CC1[N+](=O)[O-]. The Bertz CT molecular complexity index is 181. The summed E-state index contributed by atoms with van der Waals surface area (Å²) in [6.07, 6.45) is -0.920. The lowest BCUT2D eigenvalue weighted by molar-refractivity contribution is -0.522. The molecular formula is C4H7N3O3. The lowest BCUT2D eigenvalue weighted by atomic mass is 10.2. The van der Waals surface area contributed by atoms with E-state index in [0.29, 0.717) is 0 Å². The summed E-state index contributed by atoms with van der Waals surface area (Å²) in [7, 11) is 0. The molecule has 0 aromatic heterocycles. The van der Waals surface area contributed by atoms with Gasteiger partial charge in [0.05, 0.1) is 6.42 Å². The van der Waals surface area contributed by atoms with Gasteiger partial charge in [0.15, 0.2) is 0 Å². The van der Waals surface area contributed by atoms with Gasteiger partial charge in [-0.05, 0) is 0 Å². The zero-order valence-electron chi connectivity index (χ0n) is 5.11. The van der Waals surface area contributed by atoms with E-state index in [4.69, 9.17) is 5.73 Å². The normalized spacial score (nSPS) is 31.9. The second-order valence-corrected chi connectivity index (χ2v) is 2.15. The first-order valence-corrected chi connectivity index (χ1v) is 2.79. The predicted molar refractivity (Wildman–Crippen MR) is 31.5 cm³/mol. The fourth-order valence-corrected chi connectivity index (χ4v) is 0.864. The van der Waals surface area contributed by atoms with E-state index in [2.05, 4.69) is 5.32 Å². The van der Waals surface area contributed by atoms with E-state index in [1.807, 2.05) is 0 Å². The molecule has 1 heterocycles. The molecule has 1 saturated heterocycles. The lowest BCUT2D eigenvalue weighted by Crippen LogP contribution is -2.43. The van der Waals surface area contributed by atoms with Crippen LogP contribution in [0.4, 0.5) is 0 Å². The van der Waals surface area contributed by atoms with Crippen LogP contribution in [0.25, 0.3) is 0 Å². The van der Waals surface area contributed by atoms with E-state index in [0.717, 1.165) is 0 Å². The quantitative estimate of drug-likeness (QED) is 0.344. The third-order valence-electron chi connectivity index (χ3n) is 1.41. The first-order chi connectivity index (χ1) is 4.61. The molecule has 0 bridgehead atoms. The highest BCUT2D eigenvalue weighted by Crippen LogP contribution is 2.06. The van der Waals surface area contributed by atoms with E-state index >= 15 is 0 Å². The number of nitrogens with zero attached hydrogens (tertiary/aromatic N) is 1. The van der Waals surface area contributed by atoms with E-state index in [1.54, 1.807) is 0 Å². The van der Waals surface area contributed by atoms with E-state index in [9.17, 15) is 14.9 Å². The Morgan fingerprint density at radius 1 is 1.80 bits per heavy atom. The molecule has 2 atom stereocenters. The number of amides is 1. The summed E-state index contributed by atoms with van der Waals surface area (Å²) in [6, 6.07) is -0.951. The molecule has 0 aromatic rings. The summed E-state index contributed by atoms with van der Waals surface area (Å²) in [5.41, 5.74) is 5.20. The monoisotopic (exact) mass is 145 g/mol. The Morgan fingerprint density at radius 2 is 2.40 bits per heavy atom. The van der Waals surface area contributed by atoms with Gasteiger partial charge < -0.3 is 11.1 Å². The molecule has 0 saturated carbocycles. The van der Waals surface area contributed by atoms with Crippen molar-refractivity contribution in [3.63, 3.8) is 0 Å². The number of hydrogen-bond donors (Lipinski definition) is 2. The van der Waals surface area contributed by atoms with Gasteiger partial charge in [-0.2, -0.15) is 0 Å². The second-order valence-electron chi connectivity index (χ2n) is 2.15. The van der Waals surface area contributed by atoms with Crippen molar-refractivity contribution in [3.8, 4) is 0 Å². The highest BCUT2D eigenvalue weighted by atomic mass is 16.6. The number of nitrogens with two attached hydrogens (primary N) is 1. The van der Waals surface area contributed by atoms with E-state index < -0.39 is 17.1 Å². The summed E-state index contributed by atoms with van der Waals surface area (Å²) in [4.78, 5) is 20.0. The van der Waals surface area contributed by atoms with Gasteiger partial charge in [-0.3, -0.25) is 14.9 Å². The fourth-order valence-electron chi connectivity index (χ4n) is 0.864. The summed E-state index contributed by atoms with van der Waals surface area (Å²) in [5, 5.41) is 12.3. The third kappa shape index (κ3) is 1.06. The van der Waals surface area contributed by atoms with Crippen LogP contribution in [0.15, 0.2) is 0 Å². The first-order valence-electron chi connectivity index (χ1n) is 2.79. The van der Waals surface area contributed by atoms with Crippen molar-refractivity contribution in [3.05, 3.63) is 10.1 Å². The molecule has 10 heavy (non-hydrogen) atoms. The zero-order valence-corrected chi connectivity index (χ0v) is 5.11. The molecule has 2 unspecified atom stereocenters. The minimum absolute atomic E-state index is 0.103. The van der Waals surface area contributed by atoms with Gasteiger partial charge >= 0.3 is 0 Å². The number of carbonyl (C=O) groups is 1. The topological polar surface area (TPSA) is 98.3 Å². The largest absolute Gasteiger partial charge is 0.335 e. The van der Waals surface area contributed by atoms with Crippen LogP contribution in [0.5, 0.6) is 0 Å². The molecule has 0 spiro atoms. The lowest BCUT2D eigenvalue weighted by Gasteiger charge is -2.04. The average molecular weight is 145 g/mol. The summed E-state index contributed by atoms with van der Waals surface area (Å²) in [5.74, 6) is -0.353. The van der Waals surface area contributed by atoms with Crippen LogP contribution >= 0.6 is 0 Å². The molecule has 56 valence electrons. The van der Waals surface area contributed by atoms with Gasteiger partial charge in [0.25, 0.3) is 6.04 Å². The number of rotatable bonds is 1. The van der Waals surface area contributed by atoms with Crippen LogP contribution in [0.2, 0.25) is 0 Å². The molecule has 0 aliphatic carbocycles. The Hall–Kier alpha value is -1.17. The Balaban J connectivity index is 2.63. The standard InChI is InChI=1S/C4H7N3O3/c5-4-2(7(9)10)1-3(8)6-4/h2,4H,1,5H2,(H,6,8). The maximum Gasteiger partial charge on any atom is 0.254 e. The average Bonchev–Trinajstić information content (AvgIpc) is 2.10. The second kappa shape index (κ2) is 2.22. The van der Waals surface area contributed by atoms with E-state index in [-0.39, 0.29) is 12.3 Å². The maximum absolute atomic E-state index is 10.5. The number of nitrogens with one attached hydrogen (secondary N) is 1.